The number of para-hydroxylation sites is 1. The van der Waals surface area contributed by atoms with Crippen molar-refractivity contribution in [2.75, 3.05) is 0 Å². The van der Waals surface area contributed by atoms with Crippen LogP contribution in [0.5, 0.6) is 5.75 Å². The number of hydrogen-bond donors (Lipinski definition) is 2. The van der Waals surface area contributed by atoms with Crippen LogP contribution in [0.4, 0.5) is 13.2 Å². The van der Waals surface area contributed by atoms with Crippen LogP contribution in [-0.4, -0.2) is 18.3 Å². The molecule has 0 saturated heterocycles. The minimum atomic E-state index is -4.77. The van der Waals surface area contributed by atoms with Crippen molar-refractivity contribution in [2.45, 2.75) is 31.9 Å². The van der Waals surface area contributed by atoms with Gasteiger partial charge in [0, 0.05) is 18.7 Å². The summed E-state index contributed by atoms with van der Waals surface area (Å²) < 4.78 is 41.3. The fraction of sp³-hybridized carbons (Fsp3) is 0.278. The van der Waals surface area contributed by atoms with Crippen molar-refractivity contribution in [3.8, 4) is 5.75 Å². The molecule has 0 saturated carbocycles. The highest BCUT2D eigenvalue weighted by Crippen LogP contribution is 2.26. The number of amides is 1. The summed E-state index contributed by atoms with van der Waals surface area (Å²) in [5, 5.41) is 5.82. The van der Waals surface area contributed by atoms with Crippen LogP contribution in [0, 0.1) is 0 Å². The molecule has 140 valence electrons. The molecule has 0 spiro atoms. The predicted molar refractivity (Wildman–Crippen MR) is 93.0 cm³/mol. The summed E-state index contributed by atoms with van der Waals surface area (Å²) >= 11 is 0. The van der Waals surface area contributed by atoms with Gasteiger partial charge in [0.05, 0.1) is 6.04 Å². The van der Waals surface area contributed by atoms with Crippen molar-refractivity contribution in [1.29, 1.82) is 0 Å². The maximum Gasteiger partial charge on any atom is 0.573 e. The highest BCUT2D eigenvalue weighted by molar-refractivity contribution is 5.85. The number of carbonyl (C=O) groups excluding carboxylic acids is 1. The number of ether oxygens (including phenoxy) is 1. The lowest BCUT2D eigenvalue weighted by molar-refractivity contribution is -0.274. The van der Waals surface area contributed by atoms with Crippen LogP contribution >= 0.6 is 12.4 Å². The molecular weight excluding hydrogens is 369 g/mol. The Morgan fingerprint density at radius 2 is 1.77 bits per heavy atom. The molecule has 0 aliphatic carbocycles. The molecule has 2 aromatic carbocycles. The molecule has 2 N–H and O–H groups in total. The van der Waals surface area contributed by atoms with Gasteiger partial charge in [0.25, 0.3) is 0 Å². The first-order valence-corrected chi connectivity index (χ1v) is 7.84. The van der Waals surface area contributed by atoms with E-state index >= 15 is 0 Å². The van der Waals surface area contributed by atoms with Gasteiger partial charge in [-0.2, -0.15) is 0 Å². The lowest BCUT2D eigenvalue weighted by Gasteiger charge is -2.25. The molecule has 1 atom stereocenters. The lowest BCUT2D eigenvalue weighted by Crippen LogP contribution is -2.47. The normalized spacial score (nSPS) is 16.2. The summed E-state index contributed by atoms with van der Waals surface area (Å²) in [5.74, 6) is -0.562. The van der Waals surface area contributed by atoms with Gasteiger partial charge in [-0.3, -0.25) is 4.79 Å². The third-order valence-electron chi connectivity index (χ3n) is 4.05. The number of fused-ring (bicyclic) bond motifs is 1. The minimum absolute atomic E-state index is 0. The van der Waals surface area contributed by atoms with Gasteiger partial charge >= 0.3 is 6.36 Å². The summed E-state index contributed by atoms with van der Waals surface area (Å²) in [6.45, 7) is 0.549. The molecule has 1 unspecified atom stereocenters. The van der Waals surface area contributed by atoms with Crippen molar-refractivity contribution >= 4 is 18.3 Å². The number of halogens is 4. The molecule has 3 rings (SSSR count). The van der Waals surface area contributed by atoms with Gasteiger partial charge in [0.1, 0.15) is 5.75 Å². The fourth-order valence-electron chi connectivity index (χ4n) is 2.82. The van der Waals surface area contributed by atoms with Gasteiger partial charge in [-0.25, -0.2) is 0 Å². The van der Waals surface area contributed by atoms with E-state index in [2.05, 4.69) is 15.4 Å². The molecule has 8 heteroatoms. The van der Waals surface area contributed by atoms with E-state index in [9.17, 15) is 18.0 Å². The second kappa shape index (κ2) is 8.42. The van der Waals surface area contributed by atoms with E-state index in [1.54, 1.807) is 6.07 Å². The molecule has 0 bridgehead atoms. The zero-order valence-corrected chi connectivity index (χ0v) is 14.5. The highest BCUT2D eigenvalue weighted by atomic mass is 35.5. The van der Waals surface area contributed by atoms with Gasteiger partial charge < -0.3 is 15.4 Å². The molecule has 0 aromatic heterocycles. The van der Waals surface area contributed by atoms with Gasteiger partial charge in [0.2, 0.25) is 5.91 Å². The molecule has 0 fully saturated rings. The van der Waals surface area contributed by atoms with E-state index in [1.165, 1.54) is 18.2 Å². The zero-order chi connectivity index (χ0) is 17.9. The van der Waals surface area contributed by atoms with Crippen molar-refractivity contribution in [3.63, 3.8) is 0 Å². The first-order valence-electron chi connectivity index (χ1n) is 7.84. The van der Waals surface area contributed by atoms with Crippen molar-refractivity contribution < 1.29 is 22.7 Å². The van der Waals surface area contributed by atoms with Crippen LogP contribution in [0.25, 0.3) is 0 Å². The van der Waals surface area contributed by atoms with Crippen molar-refractivity contribution in [1.82, 2.24) is 10.6 Å². The Balaban J connectivity index is 0.00000243. The standard InChI is InChI=1S/C18H17F3N2O2.ClH/c19-18(20,21)25-16-8-4-3-7-14(16)11-23-17(24)15-9-12-5-1-2-6-13(12)10-22-15;/h1-8,15,22H,9-11H2,(H,23,24);1H. The molecule has 1 amide bonds. The van der Waals surface area contributed by atoms with Gasteiger partial charge in [-0.05, 0) is 23.6 Å². The number of benzene rings is 2. The number of nitrogens with one attached hydrogen (secondary N) is 2. The Morgan fingerprint density at radius 1 is 1.12 bits per heavy atom. The SMILES string of the molecule is Cl.O=C(NCc1ccccc1OC(F)(F)F)C1Cc2ccccc2CN1. The predicted octanol–water partition coefficient (Wildman–Crippen LogP) is 3.34. The second-order valence-electron chi connectivity index (χ2n) is 5.78. The average molecular weight is 387 g/mol. The van der Waals surface area contributed by atoms with Crippen LogP contribution < -0.4 is 15.4 Å². The highest BCUT2D eigenvalue weighted by Gasteiger charge is 2.32. The minimum Gasteiger partial charge on any atom is -0.405 e. The molecule has 1 heterocycles. The Morgan fingerprint density at radius 3 is 2.50 bits per heavy atom. The molecular formula is C18H18ClF3N2O2. The maximum absolute atomic E-state index is 12.4. The molecule has 2 aromatic rings. The third-order valence-corrected chi connectivity index (χ3v) is 4.05. The van der Waals surface area contributed by atoms with Gasteiger partial charge in [-0.15, -0.1) is 25.6 Å². The Labute approximate surface area is 155 Å². The van der Waals surface area contributed by atoms with E-state index in [4.69, 9.17) is 0 Å². The topological polar surface area (TPSA) is 50.4 Å². The molecule has 0 radical (unpaired) electrons. The molecule has 4 nitrogen and oxygen atoms in total. The van der Waals surface area contributed by atoms with Gasteiger partial charge in [-0.1, -0.05) is 42.5 Å². The van der Waals surface area contributed by atoms with E-state index in [0.717, 1.165) is 11.1 Å². The number of rotatable bonds is 4. The Hall–Kier alpha value is -2.25. The summed E-state index contributed by atoms with van der Waals surface area (Å²) in [7, 11) is 0. The van der Waals surface area contributed by atoms with Crippen molar-refractivity contribution in [3.05, 3.63) is 65.2 Å². The second-order valence-corrected chi connectivity index (χ2v) is 5.78. The van der Waals surface area contributed by atoms with Crippen LogP contribution in [-0.2, 0) is 24.3 Å². The van der Waals surface area contributed by atoms with E-state index in [0.29, 0.717) is 13.0 Å². The van der Waals surface area contributed by atoms with Gasteiger partial charge in [0.15, 0.2) is 0 Å². The molecule has 26 heavy (non-hydrogen) atoms. The quantitative estimate of drug-likeness (QED) is 0.847. The van der Waals surface area contributed by atoms with E-state index < -0.39 is 12.4 Å². The fourth-order valence-corrected chi connectivity index (χ4v) is 2.82. The lowest BCUT2D eigenvalue weighted by atomic mass is 9.95. The monoisotopic (exact) mass is 386 g/mol. The number of hydrogen-bond acceptors (Lipinski definition) is 3. The zero-order valence-electron chi connectivity index (χ0n) is 13.7. The van der Waals surface area contributed by atoms with Crippen molar-refractivity contribution in [2.24, 2.45) is 0 Å². The number of alkyl halides is 3. The average Bonchev–Trinajstić information content (AvgIpc) is 2.59. The maximum atomic E-state index is 12.4. The summed E-state index contributed by atoms with van der Waals surface area (Å²) in [6.07, 6.45) is -4.22. The van der Waals surface area contributed by atoms with Crippen LogP contribution in [0.2, 0.25) is 0 Å². The smallest absolute Gasteiger partial charge is 0.405 e. The van der Waals surface area contributed by atoms with Crippen LogP contribution in [0.15, 0.2) is 48.5 Å². The third kappa shape index (κ3) is 5.12. The first kappa shape index (κ1) is 20.1. The summed E-state index contributed by atoms with van der Waals surface area (Å²) in [5.41, 5.74) is 2.52. The first-order chi connectivity index (χ1) is 11.9. The van der Waals surface area contributed by atoms with Crippen LogP contribution in [0.3, 0.4) is 0 Å². The number of carbonyl (C=O) groups is 1. The van der Waals surface area contributed by atoms with Crippen LogP contribution in [0.1, 0.15) is 16.7 Å². The molecule has 1 aliphatic heterocycles. The largest absolute Gasteiger partial charge is 0.573 e. The Bertz CT molecular complexity index is 768. The van der Waals surface area contributed by atoms with E-state index in [1.807, 2.05) is 24.3 Å². The summed E-state index contributed by atoms with van der Waals surface area (Å²) in [6, 6.07) is 13.2. The van der Waals surface area contributed by atoms with E-state index in [-0.39, 0.29) is 36.2 Å². The Kier molecular flexibility index (Phi) is 6.50. The molecule has 1 aliphatic rings. The summed E-state index contributed by atoms with van der Waals surface area (Å²) in [4.78, 5) is 12.3.